The van der Waals surface area contributed by atoms with E-state index < -0.39 is 11.9 Å². The summed E-state index contributed by atoms with van der Waals surface area (Å²) in [6.07, 6.45) is 0.918. The fourth-order valence-electron chi connectivity index (χ4n) is 2.08. The first-order chi connectivity index (χ1) is 9.65. The maximum absolute atomic E-state index is 13.7. The number of thiophene rings is 1. The molecule has 0 saturated heterocycles. The van der Waals surface area contributed by atoms with E-state index in [2.05, 4.69) is 4.98 Å². The largest absolute Gasteiger partial charge is 0.388 e. The zero-order valence-corrected chi connectivity index (χ0v) is 12.0. The van der Waals surface area contributed by atoms with Crippen molar-refractivity contribution in [3.8, 4) is 0 Å². The minimum atomic E-state index is -0.830. The maximum atomic E-state index is 13.7. The van der Waals surface area contributed by atoms with Gasteiger partial charge in [-0.2, -0.15) is 0 Å². The molecule has 0 aliphatic rings. The van der Waals surface area contributed by atoms with Crippen molar-refractivity contribution in [1.29, 1.82) is 0 Å². The third kappa shape index (κ3) is 2.54. The van der Waals surface area contributed by atoms with Crippen molar-refractivity contribution < 1.29 is 9.50 Å². The van der Waals surface area contributed by atoms with Crippen LogP contribution >= 0.6 is 22.9 Å². The second-order valence-electron chi connectivity index (χ2n) is 4.49. The molecule has 2 heterocycles. The van der Waals surface area contributed by atoms with Crippen LogP contribution in [0.15, 0.2) is 41.9 Å². The summed E-state index contributed by atoms with van der Waals surface area (Å²) in [6, 6.07) is 8.31. The number of rotatable bonds is 3. The molecule has 0 spiro atoms. The van der Waals surface area contributed by atoms with Crippen molar-refractivity contribution >= 4 is 33.2 Å². The molecule has 0 aliphatic carbocycles. The van der Waals surface area contributed by atoms with E-state index in [-0.39, 0.29) is 6.42 Å². The van der Waals surface area contributed by atoms with Crippen molar-refractivity contribution in [3.05, 3.63) is 63.9 Å². The Kier molecular flexibility index (Phi) is 3.70. The van der Waals surface area contributed by atoms with Crippen LogP contribution in [0.4, 0.5) is 4.39 Å². The van der Waals surface area contributed by atoms with Gasteiger partial charge in [-0.1, -0.05) is 17.7 Å². The van der Waals surface area contributed by atoms with E-state index in [0.29, 0.717) is 16.1 Å². The molecule has 0 radical (unpaired) electrons. The van der Waals surface area contributed by atoms with Gasteiger partial charge in [0.05, 0.1) is 16.3 Å². The summed E-state index contributed by atoms with van der Waals surface area (Å²) in [5.74, 6) is -0.401. The summed E-state index contributed by atoms with van der Waals surface area (Å²) < 4.78 is 14.7. The second-order valence-corrected chi connectivity index (χ2v) is 5.85. The quantitative estimate of drug-likeness (QED) is 0.779. The number of fused-ring (bicyclic) bond motifs is 1. The molecule has 1 aromatic carbocycles. The molecular weight excluding hydrogens is 297 g/mol. The van der Waals surface area contributed by atoms with Gasteiger partial charge in [-0.25, -0.2) is 4.39 Å². The van der Waals surface area contributed by atoms with Gasteiger partial charge in [-0.15, -0.1) is 11.3 Å². The zero-order chi connectivity index (χ0) is 14.1. The topological polar surface area (TPSA) is 33.1 Å². The highest BCUT2D eigenvalue weighted by Crippen LogP contribution is 2.28. The Labute approximate surface area is 124 Å². The molecule has 1 N–H and O–H groups in total. The molecule has 0 fully saturated rings. The van der Waals surface area contributed by atoms with E-state index in [1.165, 1.54) is 6.07 Å². The maximum Gasteiger partial charge on any atom is 0.127 e. The number of aliphatic hydroxyl groups excluding tert-OH is 1. The Morgan fingerprint density at radius 2 is 2.20 bits per heavy atom. The molecule has 3 aromatic rings. The Morgan fingerprint density at radius 1 is 1.35 bits per heavy atom. The molecule has 2 nitrogen and oxygen atoms in total. The Bertz CT molecular complexity index is 738. The van der Waals surface area contributed by atoms with Crippen LogP contribution in [0.2, 0.25) is 5.02 Å². The van der Waals surface area contributed by atoms with Crippen LogP contribution in [0.5, 0.6) is 0 Å². The van der Waals surface area contributed by atoms with Crippen molar-refractivity contribution in [2.45, 2.75) is 12.5 Å². The van der Waals surface area contributed by atoms with Crippen LogP contribution in [0.1, 0.15) is 17.2 Å². The summed E-state index contributed by atoms with van der Waals surface area (Å²) >= 11 is 7.53. The highest BCUT2D eigenvalue weighted by Gasteiger charge is 2.15. The number of halogens is 2. The summed E-state index contributed by atoms with van der Waals surface area (Å²) in [6.45, 7) is 0. The molecule has 102 valence electrons. The van der Waals surface area contributed by atoms with Gasteiger partial charge in [0.1, 0.15) is 5.82 Å². The Hall–Kier alpha value is -1.49. The fraction of sp³-hybridized carbons (Fsp3) is 0.133. The van der Waals surface area contributed by atoms with Crippen LogP contribution in [0.3, 0.4) is 0 Å². The van der Waals surface area contributed by atoms with E-state index in [1.807, 2.05) is 17.5 Å². The van der Waals surface area contributed by atoms with Gasteiger partial charge in [0.2, 0.25) is 0 Å². The van der Waals surface area contributed by atoms with E-state index in [9.17, 15) is 9.50 Å². The average molecular weight is 308 g/mol. The predicted octanol–water partition coefficient (Wildman–Crippen LogP) is 4.36. The van der Waals surface area contributed by atoms with Gasteiger partial charge in [-0.05, 0) is 29.6 Å². The van der Waals surface area contributed by atoms with Gasteiger partial charge < -0.3 is 5.11 Å². The van der Waals surface area contributed by atoms with E-state index in [4.69, 9.17) is 11.6 Å². The number of aliphatic hydroxyl groups is 1. The minimum Gasteiger partial charge on any atom is -0.388 e. The minimum absolute atomic E-state index is 0.129. The van der Waals surface area contributed by atoms with Gasteiger partial charge >= 0.3 is 0 Å². The molecule has 5 heteroatoms. The lowest BCUT2D eigenvalue weighted by molar-refractivity contribution is 0.177. The molecule has 3 rings (SSSR count). The lowest BCUT2D eigenvalue weighted by atomic mass is 10.0. The fourth-order valence-corrected chi connectivity index (χ4v) is 3.11. The average Bonchev–Trinajstić information content (AvgIpc) is 2.90. The molecule has 0 bridgehead atoms. The lowest BCUT2D eigenvalue weighted by Crippen LogP contribution is -2.04. The SMILES string of the molecule is OC(Cc1c(F)cccc1Cl)c1cnc2ccsc2c1. The highest BCUT2D eigenvalue weighted by molar-refractivity contribution is 7.17. The normalized spacial score (nSPS) is 12.8. The van der Waals surface area contributed by atoms with Crippen LogP contribution in [-0.2, 0) is 6.42 Å². The molecular formula is C15H11ClFNOS. The van der Waals surface area contributed by atoms with E-state index >= 15 is 0 Å². The number of pyridine rings is 1. The molecule has 20 heavy (non-hydrogen) atoms. The number of nitrogens with zero attached hydrogens (tertiary/aromatic N) is 1. The number of hydrogen-bond acceptors (Lipinski definition) is 3. The molecule has 0 aliphatic heterocycles. The van der Waals surface area contributed by atoms with Crippen LogP contribution < -0.4 is 0 Å². The van der Waals surface area contributed by atoms with Gasteiger partial charge in [0.15, 0.2) is 0 Å². The summed E-state index contributed by atoms with van der Waals surface area (Å²) in [7, 11) is 0. The number of benzene rings is 1. The summed E-state index contributed by atoms with van der Waals surface area (Å²) in [4.78, 5) is 4.27. The third-order valence-electron chi connectivity index (χ3n) is 3.17. The predicted molar refractivity (Wildman–Crippen MR) is 79.7 cm³/mol. The highest BCUT2D eigenvalue weighted by atomic mass is 35.5. The van der Waals surface area contributed by atoms with Crippen LogP contribution in [0, 0.1) is 5.82 Å². The van der Waals surface area contributed by atoms with Gasteiger partial charge in [-0.3, -0.25) is 4.98 Å². The number of hydrogen-bond donors (Lipinski definition) is 1. The summed E-state index contributed by atoms with van der Waals surface area (Å²) in [5, 5.41) is 12.5. The van der Waals surface area contributed by atoms with E-state index in [1.54, 1.807) is 29.7 Å². The second kappa shape index (κ2) is 5.48. The third-order valence-corrected chi connectivity index (χ3v) is 4.37. The van der Waals surface area contributed by atoms with Gasteiger partial charge in [0, 0.05) is 28.8 Å². The van der Waals surface area contributed by atoms with Crippen molar-refractivity contribution in [3.63, 3.8) is 0 Å². The lowest BCUT2D eigenvalue weighted by Gasteiger charge is -2.12. The molecule has 2 aromatic heterocycles. The number of aromatic nitrogens is 1. The van der Waals surface area contributed by atoms with Crippen molar-refractivity contribution in [2.75, 3.05) is 0 Å². The molecule has 0 amide bonds. The standard InChI is InChI=1S/C15H11ClFNOS/c16-11-2-1-3-12(17)10(11)7-14(19)9-6-15-13(18-8-9)4-5-20-15/h1-6,8,14,19H,7H2. The Balaban J connectivity index is 1.90. The smallest absolute Gasteiger partial charge is 0.127 e. The van der Waals surface area contributed by atoms with Crippen LogP contribution in [-0.4, -0.2) is 10.1 Å². The molecule has 0 saturated carbocycles. The van der Waals surface area contributed by atoms with E-state index in [0.717, 1.165) is 10.2 Å². The van der Waals surface area contributed by atoms with Crippen molar-refractivity contribution in [2.24, 2.45) is 0 Å². The monoisotopic (exact) mass is 307 g/mol. The first kappa shape index (κ1) is 13.5. The van der Waals surface area contributed by atoms with Crippen molar-refractivity contribution in [1.82, 2.24) is 4.98 Å². The first-order valence-electron chi connectivity index (χ1n) is 6.09. The van der Waals surface area contributed by atoms with Gasteiger partial charge in [0.25, 0.3) is 0 Å². The van der Waals surface area contributed by atoms with Crippen LogP contribution in [0.25, 0.3) is 10.2 Å². The first-order valence-corrected chi connectivity index (χ1v) is 7.35. The zero-order valence-electron chi connectivity index (χ0n) is 10.4. The summed E-state index contributed by atoms with van der Waals surface area (Å²) in [5.41, 5.74) is 1.89. The Morgan fingerprint density at radius 3 is 3.00 bits per heavy atom. The molecule has 1 atom stereocenters. The molecule has 1 unspecified atom stereocenters.